The van der Waals surface area contributed by atoms with Crippen LogP contribution in [0.2, 0.25) is 0 Å². The molecule has 0 radical (unpaired) electrons. The van der Waals surface area contributed by atoms with E-state index in [-0.39, 0.29) is 11.7 Å². The molecule has 0 spiro atoms. The van der Waals surface area contributed by atoms with Crippen molar-refractivity contribution in [2.24, 2.45) is 0 Å². The Morgan fingerprint density at radius 1 is 1.00 bits per heavy atom. The van der Waals surface area contributed by atoms with Gasteiger partial charge in [-0.3, -0.25) is 9.78 Å². The van der Waals surface area contributed by atoms with E-state index in [2.05, 4.69) is 10.3 Å². The second kappa shape index (κ2) is 8.37. The van der Waals surface area contributed by atoms with Gasteiger partial charge < -0.3 is 19.2 Å². The quantitative estimate of drug-likeness (QED) is 0.456. The van der Waals surface area contributed by atoms with Gasteiger partial charge in [0.2, 0.25) is 5.95 Å². The summed E-state index contributed by atoms with van der Waals surface area (Å²) in [6, 6.07) is 12.9. The van der Waals surface area contributed by atoms with E-state index in [1.54, 1.807) is 23.3 Å². The van der Waals surface area contributed by atoms with Crippen molar-refractivity contribution >= 4 is 11.7 Å². The Morgan fingerprint density at radius 3 is 2.69 bits per heavy atom. The zero-order valence-electron chi connectivity index (χ0n) is 19.4. The molecule has 3 aliphatic rings. The third-order valence-corrected chi connectivity index (χ3v) is 6.89. The zero-order chi connectivity index (χ0) is 24.1. The van der Waals surface area contributed by atoms with E-state index in [1.807, 2.05) is 42.5 Å². The summed E-state index contributed by atoms with van der Waals surface area (Å²) in [4.78, 5) is 22.6. The molecule has 1 aliphatic carbocycles. The molecule has 9 nitrogen and oxygen atoms in total. The molecule has 1 N–H and O–H groups in total. The van der Waals surface area contributed by atoms with Crippen LogP contribution in [0.25, 0.3) is 11.4 Å². The molecular weight excluding hydrogens is 458 g/mol. The van der Waals surface area contributed by atoms with Crippen LogP contribution in [0.15, 0.2) is 76.8 Å². The molecule has 9 heteroatoms. The lowest BCUT2D eigenvalue weighted by atomic mass is 9.79. The maximum Gasteiger partial charge on any atom is 0.226 e. The van der Waals surface area contributed by atoms with Gasteiger partial charge in [0.15, 0.2) is 23.1 Å². The van der Waals surface area contributed by atoms with Gasteiger partial charge in [-0.2, -0.15) is 4.98 Å². The van der Waals surface area contributed by atoms with Gasteiger partial charge in [-0.05, 0) is 48.4 Å². The lowest BCUT2D eigenvalue weighted by Crippen LogP contribution is -2.33. The summed E-state index contributed by atoms with van der Waals surface area (Å²) in [7, 11) is 0. The molecule has 4 aromatic rings. The number of carbonyl (C=O) groups is 1. The number of fused-ring (bicyclic) bond motifs is 2. The van der Waals surface area contributed by atoms with Crippen molar-refractivity contribution in [1.82, 2.24) is 19.7 Å². The van der Waals surface area contributed by atoms with E-state index in [0.717, 1.165) is 29.0 Å². The SMILES string of the molecule is O=C1CC(c2ccco2)CC2=C1C(c1ccc3c(c1)OCCCO3)n1nc(-c3ccncc3)nc1N2. The van der Waals surface area contributed by atoms with E-state index >= 15 is 0 Å². The first kappa shape index (κ1) is 20.9. The first-order chi connectivity index (χ1) is 17.7. The lowest BCUT2D eigenvalue weighted by Gasteiger charge is -2.34. The lowest BCUT2D eigenvalue weighted by molar-refractivity contribution is -0.117. The number of carbonyl (C=O) groups excluding carboxylic acids is 1. The second-order valence-electron chi connectivity index (χ2n) is 9.16. The topological polar surface area (TPSA) is 104 Å². The van der Waals surface area contributed by atoms with Gasteiger partial charge in [0.1, 0.15) is 11.8 Å². The number of hydrogen-bond acceptors (Lipinski definition) is 8. The first-order valence-electron chi connectivity index (χ1n) is 12.1. The first-order valence-corrected chi connectivity index (χ1v) is 12.1. The summed E-state index contributed by atoms with van der Waals surface area (Å²) in [5, 5.41) is 8.26. The van der Waals surface area contributed by atoms with E-state index in [0.29, 0.717) is 54.9 Å². The summed E-state index contributed by atoms with van der Waals surface area (Å²) < 4.78 is 19.3. The number of nitrogens with one attached hydrogen (secondary N) is 1. The van der Waals surface area contributed by atoms with Crippen LogP contribution < -0.4 is 14.8 Å². The smallest absolute Gasteiger partial charge is 0.226 e. The second-order valence-corrected chi connectivity index (χ2v) is 9.16. The Kier molecular flexibility index (Phi) is 4.87. The molecule has 2 aliphatic heterocycles. The van der Waals surface area contributed by atoms with Gasteiger partial charge in [0.25, 0.3) is 0 Å². The monoisotopic (exact) mass is 481 g/mol. The van der Waals surface area contributed by atoms with Gasteiger partial charge in [-0.25, -0.2) is 4.68 Å². The molecule has 2 atom stereocenters. The zero-order valence-corrected chi connectivity index (χ0v) is 19.4. The van der Waals surface area contributed by atoms with Gasteiger partial charge in [-0.15, -0.1) is 5.10 Å². The predicted molar refractivity (Wildman–Crippen MR) is 130 cm³/mol. The number of ether oxygens (including phenoxy) is 2. The van der Waals surface area contributed by atoms with Crippen LogP contribution in [0.4, 0.5) is 5.95 Å². The number of benzene rings is 1. The maximum absolute atomic E-state index is 13.7. The highest BCUT2D eigenvalue weighted by atomic mass is 16.5. The summed E-state index contributed by atoms with van der Waals surface area (Å²) in [6.07, 6.45) is 6.91. The normalized spacial score (nSPS) is 20.8. The molecule has 0 saturated carbocycles. The highest BCUT2D eigenvalue weighted by Crippen LogP contribution is 2.46. The molecule has 0 amide bonds. The molecule has 36 heavy (non-hydrogen) atoms. The molecule has 3 aromatic heterocycles. The van der Waals surface area contributed by atoms with E-state index in [4.69, 9.17) is 24.0 Å². The molecule has 5 heterocycles. The molecule has 0 saturated heterocycles. The molecular formula is C27H23N5O4. The Morgan fingerprint density at radius 2 is 1.86 bits per heavy atom. The number of ketones is 1. The summed E-state index contributed by atoms with van der Waals surface area (Å²) in [5.41, 5.74) is 3.30. The van der Waals surface area contributed by atoms with Crippen LogP contribution in [-0.2, 0) is 4.79 Å². The number of anilines is 1. The van der Waals surface area contributed by atoms with E-state index in [1.165, 1.54) is 0 Å². The maximum atomic E-state index is 13.7. The van der Waals surface area contributed by atoms with E-state index in [9.17, 15) is 4.79 Å². The van der Waals surface area contributed by atoms with E-state index < -0.39 is 6.04 Å². The van der Waals surface area contributed by atoms with Crippen molar-refractivity contribution in [1.29, 1.82) is 0 Å². The van der Waals surface area contributed by atoms with Gasteiger partial charge in [-0.1, -0.05) is 6.07 Å². The van der Waals surface area contributed by atoms with Gasteiger partial charge in [0.05, 0.1) is 19.5 Å². The molecule has 1 aromatic carbocycles. The molecule has 180 valence electrons. The predicted octanol–water partition coefficient (Wildman–Crippen LogP) is 4.51. The Balaban J connectivity index is 1.36. The Hall–Kier alpha value is -4.40. The van der Waals surface area contributed by atoms with Crippen LogP contribution in [0.3, 0.4) is 0 Å². The third kappa shape index (κ3) is 3.46. The molecule has 0 fully saturated rings. The molecule has 7 rings (SSSR count). The highest BCUT2D eigenvalue weighted by molar-refractivity contribution is 6.00. The number of pyridine rings is 1. The van der Waals surface area contributed by atoms with Crippen molar-refractivity contribution < 1.29 is 18.7 Å². The standard InChI is InChI=1S/C27H23N5O4/c33-20-14-18(21-3-1-10-34-21)13-19-24(20)25(17-4-5-22-23(15-17)36-12-2-11-35-22)32-27(29-19)30-26(31-32)16-6-8-28-9-7-16/h1,3-10,15,18,25H,2,11-14H2,(H,29,30,31). The molecule has 2 unspecified atom stereocenters. The minimum atomic E-state index is -0.443. The number of hydrogen-bond donors (Lipinski definition) is 1. The number of allylic oxidation sites excluding steroid dienone is 2. The Bertz CT molecular complexity index is 1480. The number of Topliss-reactive ketones (excluding diaryl/α,β-unsaturated/α-hetero) is 1. The number of rotatable bonds is 3. The van der Waals surface area contributed by atoms with Crippen LogP contribution in [0.5, 0.6) is 11.5 Å². The van der Waals surface area contributed by atoms with Crippen molar-refractivity contribution in [2.45, 2.75) is 31.2 Å². The summed E-state index contributed by atoms with van der Waals surface area (Å²) in [6.45, 7) is 1.20. The van der Waals surface area contributed by atoms with Crippen LogP contribution >= 0.6 is 0 Å². The average Bonchev–Trinajstić information content (AvgIpc) is 3.53. The minimum absolute atomic E-state index is 0.0303. The number of aromatic nitrogens is 4. The van der Waals surface area contributed by atoms with Crippen molar-refractivity contribution in [3.63, 3.8) is 0 Å². The van der Waals surface area contributed by atoms with Crippen molar-refractivity contribution in [3.05, 3.63) is 83.7 Å². The van der Waals surface area contributed by atoms with Crippen molar-refractivity contribution in [2.75, 3.05) is 18.5 Å². The fraction of sp³-hybridized carbons (Fsp3) is 0.259. The van der Waals surface area contributed by atoms with Crippen LogP contribution in [0.1, 0.15) is 42.5 Å². The van der Waals surface area contributed by atoms with Gasteiger partial charge in [0, 0.05) is 48.0 Å². The fourth-order valence-electron chi connectivity index (χ4n) is 5.22. The Labute approximate surface area is 206 Å². The fourth-order valence-corrected chi connectivity index (χ4v) is 5.22. The average molecular weight is 482 g/mol. The largest absolute Gasteiger partial charge is 0.490 e. The minimum Gasteiger partial charge on any atom is -0.490 e. The molecule has 0 bridgehead atoms. The number of nitrogens with zero attached hydrogens (tertiary/aromatic N) is 4. The third-order valence-electron chi connectivity index (χ3n) is 6.89. The summed E-state index contributed by atoms with van der Waals surface area (Å²) >= 11 is 0. The highest BCUT2D eigenvalue weighted by Gasteiger charge is 2.40. The van der Waals surface area contributed by atoms with Crippen LogP contribution in [-0.4, -0.2) is 38.7 Å². The number of furan rings is 1. The van der Waals surface area contributed by atoms with Gasteiger partial charge >= 0.3 is 0 Å². The summed E-state index contributed by atoms with van der Waals surface area (Å²) in [5.74, 6) is 3.39. The van der Waals surface area contributed by atoms with Crippen molar-refractivity contribution in [3.8, 4) is 22.9 Å². The van der Waals surface area contributed by atoms with Crippen LogP contribution in [0, 0.1) is 0 Å².